The van der Waals surface area contributed by atoms with E-state index >= 15 is 0 Å². The van der Waals surface area contributed by atoms with Crippen molar-refractivity contribution >= 4 is 11.3 Å². The molecule has 0 atom stereocenters. The third kappa shape index (κ3) is 6.05. The SMILES string of the molecule is COCCNCCC=C(C)Cc1cccs1. The molecule has 0 aliphatic carbocycles. The summed E-state index contributed by atoms with van der Waals surface area (Å²) < 4.78 is 4.96. The fraction of sp³-hybridized carbons (Fsp3) is 0.538. The maximum Gasteiger partial charge on any atom is 0.0587 e. The first-order valence-corrected chi connectivity index (χ1v) is 6.58. The van der Waals surface area contributed by atoms with E-state index in [1.165, 1.54) is 10.5 Å². The van der Waals surface area contributed by atoms with Crippen LogP contribution in [-0.2, 0) is 11.2 Å². The minimum Gasteiger partial charge on any atom is -0.383 e. The van der Waals surface area contributed by atoms with Crippen molar-refractivity contribution < 1.29 is 4.74 Å². The maximum absolute atomic E-state index is 4.96. The first kappa shape index (κ1) is 13.4. The zero-order valence-corrected chi connectivity index (χ0v) is 11.0. The summed E-state index contributed by atoms with van der Waals surface area (Å²) in [5.74, 6) is 0. The molecule has 0 saturated carbocycles. The fourth-order valence-electron chi connectivity index (χ4n) is 1.48. The van der Waals surface area contributed by atoms with Crippen molar-refractivity contribution in [3.05, 3.63) is 34.0 Å². The van der Waals surface area contributed by atoms with Crippen molar-refractivity contribution in [2.24, 2.45) is 0 Å². The molecule has 90 valence electrons. The van der Waals surface area contributed by atoms with E-state index in [-0.39, 0.29) is 0 Å². The van der Waals surface area contributed by atoms with Gasteiger partial charge in [-0.05, 0) is 31.3 Å². The van der Waals surface area contributed by atoms with E-state index in [1.54, 1.807) is 7.11 Å². The molecule has 0 saturated heterocycles. The van der Waals surface area contributed by atoms with Crippen LogP contribution in [0.1, 0.15) is 18.2 Å². The van der Waals surface area contributed by atoms with E-state index in [0.717, 1.165) is 32.5 Å². The van der Waals surface area contributed by atoms with E-state index in [0.29, 0.717) is 0 Å². The summed E-state index contributed by atoms with van der Waals surface area (Å²) in [5.41, 5.74) is 1.45. The molecule has 0 bridgehead atoms. The molecule has 0 aliphatic heterocycles. The molecule has 1 aromatic heterocycles. The van der Waals surface area contributed by atoms with Crippen LogP contribution in [0.25, 0.3) is 0 Å². The summed E-state index contributed by atoms with van der Waals surface area (Å²) in [5, 5.41) is 5.47. The molecule has 0 aliphatic rings. The molecule has 1 N–H and O–H groups in total. The first-order valence-electron chi connectivity index (χ1n) is 5.70. The lowest BCUT2D eigenvalue weighted by Crippen LogP contribution is -2.19. The third-order valence-electron chi connectivity index (χ3n) is 2.33. The second kappa shape index (κ2) is 8.50. The quantitative estimate of drug-likeness (QED) is 0.556. The normalized spacial score (nSPS) is 12.0. The van der Waals surface area contributed by atoms with Gasteiger partial charge in [-0.3, -0.25) is 0 Å². The smallest absolute Gasteiger partial charge is 0.0587 e. The van der Waals surface area contributed by atoms with E-state index in [4.69, 9.17) is 4.74 Å². The van der Waals surface area contributed by atoms with Gasteiger partial charge in [0.1, 0.15) is 0 Å². The van der Waals surface area contributed by atoms with Crippen molar-refractivity contribution in [3.63, 3.8) is 0 Å². The van der Waals surface area contributed by atoms with Gasteiger partial charge in [0.05, 0.1) is 6.61 Å². The van der Waals surface area contributed by atoms with Crippen molar-refractivity contribution in [1.82, 2.24) is 5.32 Å². The highest BCUT2D eigenvalue weighted by molar-refractivity contribution is 7.09. The zero-order chi connectivity index (χ0) is 11.6. The van der Waals surface area contributed by atoms with Gasteiger partial charge in [0, 0.05) is 25.0 Å². The molecule has 2 nitrogen and oxygen atoms in total. The van der Waals surface area contributed by atoms with Crippen molar-refractivity contribution in [2.75, 3.05) is 26.8 Å². The number of hydrogen-bond acceptors (Lipinski definition) is 3. The van der Waals surface area contributed by atoms with Crippen LogP contribution < -0.4 is 5.32 Å². The summed E-state index contributed by atoms with van der Waals surface area (Å²) in [4.78, 5) is 1.45. The largest absolute Gasteiger partial charge is 0.383 e. The average molecular weight is 239 g/mol. The summed E-state index contributed by atoms with van der Waals surface area (Å²) >= 11 is 1.83. The monoisotopic (exact) mass is 239 g/mol. The Balaban J connectivity index is 2.09. The summed E-state index contributed by atoms with van der Waals surface area (Å²) in [7, 11) is 1.73. The fourth-order valence-corrected chi connectivity index (χ4v) is 2.28. The van der Waals surface area contributed by atoms with Crippen LogP contribution in [0.15, 0.2) is 29.2 Å². The number of nitrogens with one attached hydrogen (secondary N) is 1. The van der Waals surface area contributed by atoms with Gasteiger partial charge < -0.3 is 10.1 Å². The van der Waals surface area contributed by atoms with Gasteiger partial charge in [0.15, 0.2) is 0 Å². The molecule has 16 heavy (non-hydrogen) atoms. The molecule has 0 radical (unpaired) electrons. The van der Waals surface area contributed by atoms with Crippen LogP contribution in [0.3, 0.4) is 0 Å². The lowest BCUT2D eigenvalue weighted by Gasteiger charge is -2.02. The highest BCUT2D eigenvalue weighted by Gasteiger charge is 1.94. The van der Waals surface area contributed by atoms with Gasteiger partial charge in [-0.2, -0.15) is 0 Å². The Morgan fingerprint density at radius 3 is 3.06 bits per heavy atom. The number of rotatable bonds is 8. The number of ether oxygens (including phenoxy) is 1. The molecule has 1 rings (SSSR count). The van der Waals surface area contributed by atoms with E-state index in [1.807, 2.05) is 11.3 Å². The number of allylic oxidation sites excluding steroid dienone is 1. The lowest BCUT2D eigenvalue weighted by molar-refractivity contribution is 0.199. The molecule has 0 unspecified atom stereocenters. The molecular formula is C13H21NOS. The van der Waals surface area contributed by atoms with Gasteiger partial charge in [-0.1, -0.05) is 17.7 Å². The topological polar surface area (TPSA) is 21.3 Å². The maximum atomic E-state index is 4.96. The Hall–Kier alpha value is -0.640. The standard InChI is InChI=1S/C13H21NOS/c1-12(11-13-6-4-10-16-13)5-3-7-14-8-9-15-2/h4-6,10,14H,3,7-9,11H2,1-2H3. The van der Waals surface area contributed by atoms with Gasteiger partial charge in [0.2, 0.25) is 0 Å². The molecule has 1 heterocycles. The Morgan fingerprint density at radius 1 is 1.50 bits per heavy atom. The van der Waals surface area contributed by atoms with Crippen LogP contribution in [0.5, 0.6) is 0 Å². The Kier molecular flexibility index (Phi) is 7.14. The van der Waals surface area contributed by atoms with Crippen LogP contribution in [0, 0.1) is 0 Å². The van der Waals surface area contributed by atoms with Gasteiger partial charge in [-0.25, -0.2) is 0 Å². The van der Waals surface area contributed by atoms with Crippen LogP contribution in [-0.4, -0.2) is 26.8 Å². The van der Waals surface area contributed by atoms with Crippen LogP contribution >= 0.6 is 11.3 Å². The molecule has 0 amide bonds. The molecule has 0 fully saturated rings. The molecule has 0 aromatic carbocycles. The second-order valence-electron chi connectivity index (χ2n) is 3.84. The van der Waals surface area contributed by atoms with Crippen molar-refractivity contribution in [3.8, 4) is 0 Å². The van der Waals surface area contributed by atoms with Crippen molar-refractivity contribution in [2.45, 2.75) is 19.8 Å². The lowest BCUT2D eigenvalue weighted by atomic mass is 10.1. The molecule has 3 heteroatoms. The number of thiophene rings is 1. The van der Waals surface area contributed by atoms with Gasteiger partial charge >= 0.3 is 0 Å². The molecule has 0 spiro atoms. The average Bonchev–Trinajstić information content (AvgIpc) is 2.76. The summed E-state index contributed by atoms with van der Waals surface area (Å²) in [6.07, 6.45) is 4.51. The Bertz CT molecular complexity index is 293. The summed E-state index contributed by atoms with van der Waals surface area (Å²) in [6.45, 7) is 4.96. The second-order valence-corrected chi connectivity index (χ2v) is 4.87. The minimum atomic E-state index is 0.790. The predicted molar refractivity (Wildman–Crippen MR) is 71.1 cm³/mol. The van der Waals surface area contributed by atoms with E-state index in [9.17, 15) is 0 Å². The van der Waals surface area contributed by atoms with Crippen molar-refractivity contribution in [1.29, 1.82) is 0 Å². The molecule has 1 aromatic rings. The zero-order valence-electron chi connectivity index (χ0n) is 10.2. The molecular weight excluding hydrogens is 218 g/mol. The minimum absolute atomic E-state index is 0.790. The van der Waals surface area contributed by atoms with Gasteiger partial charge in [-0.15, -0.1) is 11.3 Å². The highest BCUT2D eigenvalue weighted by atomic mass is 32.1. The predicted octanol–water partition coefficient (Wildman–Crippen LogP) is 2.86. The first-order chi connectivity index (χ1) is 7.83. The van der Waals surface area contributed by atoms with Crippen LogP contribution in [0.2, 0.25) is 0 Å². The number of methoxy groups -OCH3 is 1. The highest BCUT2D eigenvalue weighted by Crippen LogP contribution is 2.13. The number of hydrogen-bond donors (Lipinski definition) is 1. The van der Waals surface area contributed by atoms with Gasteiger partial charge in [0.25, 0.3) is 0 Å². The Morgan fingerprint density at radius 2 is 2.38 bits per heavy atom. The summed E-state index contributed by atoms with van der Waals surface area (Å²) in [6, 6.07) is 4.30. The Labute approximate surface area is 102 Å². The van der Waals surface area contributed by atoms with E-state index < -0.39 is 0 Å². The van der Waals surface area contributed by atoms with Crippen LogP contribution in [0.4, 0.5) is 0 Å². The van der Waals surface area contributed by atoms with E-state index in [2.05, 4.69) is 35.8 Å². The third-order valence-corrected chi connectivity index (χ3v) is 3.21.